The summed E-state index contributed by atoms with van der Waals surface area (Å²) >= 11 is 3.28. The zero-order valence-corrected chi connectivity index (χ0v) is 18.3. The van der Waals surface area contributed by atoms with Crippen molar-refractivity contribution in [2.24, 2.45) is 0 Å². The van der Waals surface area contributed by atoms with Gasteiger partial charge in [-0.05, 0) is 40.2 Å². The number of amides is 1. The molecule has 0 aliphatic carbocycles. The summed E-state index contributed by atoms with van der Waals surface area (Å²) < 4.78 is 30.1. The number of nitrogens with zero attached hydrogens (tertiary/aromatic N) is 2. The molecule has 1 fully saturated rings. The number of ether oxygens (including phenoxy) is 3. The van der Waals surface area contributed by atoms with Gasteiger partial charge in [0.2, 0.25) is 5.75 Å². The first-order valence-electron chi connectivity index (χ1n) is 9.23. The second-order valence-corrected chi connectivity index (χ2v) is 7.54. The molecule has 1 heterocycles. The maximum Gasteiger partial charge on any atom is 0.255 e. The third-order valence-electron chi connectivity index (χ3n) is 5.00. The molecule has 0 bridgehead atoms. The first-order chi connectivity index (χ1) is 14.0. The molecular formula is C21H24BrFN2O4. The minimum absolute atomic E-state index is 0.0970. The van der Waals surface area contributed by atoms with Crippen LogP contribution in [0.3, 0.4) is 0 Å². The highest BCUT2D eigenvalue weighted by atomic mass is 79.9. The Morgan fingerprint density at radius 3 is 2.28 bits per heavy atom. The van der Waals surface area contributed by atoms with E-state index in [1.165, 1.54) is 18.2 Å². The van der Waals surface area contributed by atoms with Gasteiger partial charge in [0, 0.05) is 42.8 Å². The number of methoxy groups -OCH3 is 3. The fourth-order valence-corrected chi connectivity index (χ4v) is 3.99. The fourth-order valence-electron chi connectivity index (χ4n) is 3.47. The van der Waals surface area contributed by atoms with Gasteiger partial charge in [0.05, 0.1) is 26.9 Å². The fraction of sp³-hybridized carbons (Fsp3) is 0.381. The molecule has 0 aromatic heterocycles. The quantitative estimate of drug-likeness (QED) is 0.651. The molecule has 2 aromatic carbocycles. The maximum atomic E-state index is 13.3. The van der Waals surface area contributed by atoms with E-state index in [1.807, 2.05) is 12.1 Å². The van der Waals surface area contributed by atoms with Crippen molar-refractivity contribution in [3.05, 3.63) is 51.7 Å². The molecule has 0 atom stereocenters. The predicted molar refractivity (Wildman–Crippen MR) is 111 cm³/mol. The van der Waals surface area contributed by atoms with Crippen LogP contribution in [0.2, 0.25) is 0 Å². The second kappa shape index (κ2) is 9.45. The lowest BCUT2D eigenvalue weighted by molar-refractivity contribution is 0.0626. The van der Waals surface area contributed by atoms with Crippen LogP contribution in [-0.4, -0.2) is 63.2 Å². The lowest BCUT2D eigenvalue weighted by Crippen LogP contribution is -2.48. The lowest BCUT2D eigenvalue weighted by Gasteiger charge is -2.35. The number of hydrogen-bond acceptors (Lipinski definition) is 5. The highest BCUT2D eigenvalue weighted by Crippen LogP contribution is 2.40. The van der Waals surface area contributed by atoms with Gasteiger partial charge < -0.3 is 19.1 Å². The molecule has 0 radical (unpaired) electrons. The van der Waals surface area contributed by atoms with Gasteiger partial charge >= 0.3 is 0 Å². The van der Waals surface area contributed by atoms with Gasteiger partial charge in [-0.1, -0.05) is 6.07 Å². The smallest absolute Gasteiger partial charge is 0.255 e. The number of carbonyl (C=O) groups is 1. The Labute approximate surface area is 178 Å². The molecule has 29 heavy (non-hydrogen) atoms. The second-order valence-electron chi connectivity index (χ2n) is 6.69. The summed E-state index contributed by atoms with van der Waals surface area (Å²) in [4.78, 5) is 16.8. The summed E-state index contributed by atoms with van der Waals surface area (Å²) in [6.45, 7) is 3.31. The van der Waals surface area contributed by atoms with Crippen molar-refractivity contribution in [2.45, 2.75) is 6.54 Å². The highest BCUT2D eigenvalue weighted by molar-refractivity contribution is 9.10. The largest absolute Gasteiger partial charge is 0.493 e. The van der Waals surface area contributed by atoms with Crippen molar-refractivity contribution >= 4 is 21.8 Å². The zero-order chi connectivity index (χ0) is 21.0. The van der Waals surface area contributed by atoms with Crippen LogP contribution in [-0.2, 0) is 6.54 Å². The summed E-state index contributed by atoms with van der Waals surface area (Å²) in [7, 11) is 4.78. The van der Waals surface area contributed by atoms with Crippen molar-refractivity contribution in [1.82, 2.24) is 9.80 Å². The molecule has 2 aromatic rings. The van der Waals surface area contributed by atoms with Gasteiger partial charge in [-0.3, -0.25) is 9.69 Å². The van der Waals surface area contributed by atoms with Crippen molar-refractivity contribution in [2.75, 3.05) is 47.5 Å². The molecule has 1 amide bonds. The number of benzene rings is 2. The Morgan fingerprint density at radius 1 is 1.00 bits per heavy atom. The molecule has 6 nitrogen and oxygen atoms in total. The molecule has 1 aliphatic rings. The van der Waals surface area contributed by atoms with Crippen LogP contribution in [0.4, 0.5) is 4.39 Å². The van der Waals surface area contributed by atoms with E-state index >= 15 is 0 Å². The van der Waals surface area contributed by atoms with Crippen molar-refractivity contribution in [1.29, 1.82) is 0 Å². The molecular weight excluding hydrogens is 443 g/mol. The molecule has 156 valence electrons. The first-order valence-corrected chi connectivity index (χ1v) is 10.0. The SMILES string of the molecule is COc1ccc(CN2CCN(C(=O)c3ccc(F)cc3Br)CC2)c(OC)c1OC. The van der Waals surface area contributed by atoms with Crippen molar-refractivity contribution in [3.63, 3.8) is 0 Å². The van der Waals surface area contributed by atoms with Crippen LogP contribution >= 0.6 is 15.9 Å². The van der Waals surface area contributed by atoms with Crippen LogP contribution in [0.15, 0.2) is 34.8 Å². The standard InChI is InChI=1S/C21H24BrFN2O4/c1-27-18-7-4-14(19(28-2)20(18)29-3)13-24-8-10-25(11-9-24)21(26)16-6-5-15(23)12-17(16)22/h4-7,12H,8-11,13H2,1-3H3. The first kappa shape index (κ1) is 21.4. The van der Waals surface area contributed by atoms with Gasteiger partial charge in [0.1, 0.15) is 5.82 Å². The van der Waals surface area contributed by atoms with Gasteiger partial charge in [0.15, 0.2) is 11.5 Å². The van der Waals surface area contributed by atoms with E-state index in [2.05, 4.69) is 20.8 Å². The van der Waals surface area contributed by atoms with Crippen LogP contribution in [0.5, 0.6) is 17.2 Å². The molecule has 8 heteroatoms. The Bertz CT molecular complexity index is 885. The van der Waals surface area contributed by atoms with Crippen LogP contribution < -0.4 is 14.2 Å². The molecule has 0 unspecified atom stereocenters. The average Bonchev–Trinajstić information content (AvgIpc) is 2.73. The Hall–Kier alpha value is -2.32. The van der Waals surface area contributed by atoms with Crippen molar-refractivity contribution in [3.8, 4) is 17.2 Å². The summed E-state index contributed by atoms with van der Waals surface area (Å²) in [6, 6.07) is 7.96. The number of halogens is 2. The third kappa shape index (κ3) is 4.64. The average molecular weight is 467 g/mol. The normalized spacial score (nSPS) is 14.6. The van der Waals surface area contributed by atoms with E-state index in [0.29, 0.717) is 46.9 Å². The van der Waals surface area contributed by atoms with E-state index in [4.69, 9.17) is 14.2 Å². The van der Waals surface area contributed by atoms with E-state index in [1.54, 1.807) is 26.2 Å². The Balaban J connectivity index is 1.66. The van der Waals surface area contributed by atoms with E-state index in [-0.39, 0.29) is 11.7 Å². The number of rotatable bonds is 6. The Morgan fingerprint density at radius 2 is 1.69 bits per heavy atom. The summed E-state index contributed by atoms with van der Waals surface area (Å²) in [5, 5.41) is 0. The predicted octanol–water partition coefficient (Wildman–Crippen LogP) is 3.57. The zero-order valence-electron chi connectivity index (χ0n) is 16.7. The number of carbonyl (C=O) groups excluding carboxylic acids is 1. The maximum absolute atomic E-state index is 13.3. The van der Waals surface area contributed by atoms with Crippen molar-refractivity contribution < 1.29 is 23.4 Å². The lowest BCUT2D eigenvalue weighted by atomic mass is 10.1. The number of hydrogen-bond donors (Lipinski definition) is 0. The Kier molecular flexibility index (Phi) is 6.97. The van der Waals surface area contributed by atoms with Crippen LogP contribution in [0.25, 0.3) is 0 Å². The van der Waals surface area contributed by atoms with Gasteiger partial charge in [-0.15, -0.1) is 0 Å². The van der Waals surface area contributed by atoms with Crippen LogP contribution in [0, 0.1) is 5.82 Å². The topological polar surface area (TPSA) is 51.2 Å². The monoisotopic (exact) mass is 466 g/mol. The van der Waals surface area contributed by atoms with Gasteiger partial charge in [-0.2, -0.15) is 0 Å². The summed E-state index contributed by atoms with van der Waals surface area (Å²) in [5.74, 6) is 1.37. The highest BCUT2D eigenvalue weighted by Gasteiger charge is 2.25. The summed E-state index contributed by atoms with van der Waals surface area (Å²) in [5.41, 5.74) is 1.47. The molecule has 0 saturated carbocycles. The van der Waals surface area contributed by atoms with Gasteiger partial charge in [0.25, 0.3) is 5.91 Å². The van der Waals surface area contributed by atoms with E-state index < -0.39 is 0 Å². The molecule has 1 saturated heterocycles. The molecule has 3 rings (SSSR count). The molecule has 0 N–H and O–H groups in total. The van der Waals surface area contributed by atoms with E-state index in [0.717, 1.165) is 18.7 Å². The van der Waals surface area contributed by atoms with E-state index in [9.17, 15) is 9.18 Å². The summed E-state index contributed by atoms with van der Waals surface area (Å²) in [6.07, 6.45) is 0. The third-order valence-corrected chi connectivity index (χ3v) is 5.66. The van der Waals surface area contributed by atoms with Gasteiger partial charge in [-0.25, -0.2) is 4.39 Å². The number of piperazine rings is 1. The minimum atomic E-state index is -0.373. The minimum Gasteiger partial charge on any atom is -0.493 e. The van der Waals surface area contributed by atoms with Crippen LogP contribution in [0.1, 0.15) is 15.9 Å². The molecule has 0 spiro atoms. The molecule has 1 aliphatic heterocycles.